The number of alkyl halides is 3. The van der Waals surface area contributed by atoms with E-state index in [4.69, 9.17) is 0 Å². The monoisotopic (exact) mass is 512 g/mol. The van der Waals surface area contributed by atoms with Crippen molar-refractivity contribution in [3.8, 4) is 0 Å². The molecule has 0 bridgehead atoms. The standard InChI is InChI=1S/C28H31F3N4O2/c29-28(30,31)20-13-18-17-34(11-8-23(18)32-16-20)26(37)27-10-4-5-19(27)14-21(15-27)33-24-9-12-35(25(24)36)22-6-2-1-3-7-22/h1-3,6-7,13,16,19,21,24,33H,4-5,8-12,14-15,17H2/t19-,21-,24+,27-/m1/s1. The maximum atomic E-state index is 14.0. The largest absolute Gasteiger partial charge is 0.417 e. The predicted molar refractivity (Wildman–Crippen MR) is 131 cm³/mol. The molecule has 1 saturated heterocycles. The summed E-state index contributed by atoms with van der Waals surface area (Å²) >= 11 is 0. The third-order valence-corrected chi connectivity index (χ3v) is 8.93. The van der Waals surface area contributed by atoms with Crippen LogP contribution in [0.1, 0.15) is 55.3 Å². The van der Waals surface area contributed by atoms with E-state index in [9.17, 15) is 22.8 Å². The number of aromatic nitrogens is 1. The van der Waals surface area contributed by atoms with Crippen LogP contribution in [0, 0.1) is 11.3 Å². The number of anilines is 1. The van der Waals surface area contributed by atoms with Crippen molar-refractivity contribution in [1.29, 1.82) is 0 Å². The zero-order valence-electron chi connectivity index (χ0n) is 20.6. The molecule has 2 saturated carbocycles. The quantitative estimate of drug-likeness (QED) is 0.663. The molecular weight excluding hydrogens is 481 g/mol. The summed E-state index contributed by atoms with van der Waals surface area (Å²) in [7, 11) is 0. The number of nitrogens with one attached hydrogen (secondary N) is 1. The summed E-state index contributed by atoms with van der Waals surface area (Å²) in [6.07, 6.45) is 1.91. The topological polar surface area (TPSA) is 65.5 Å². The maximum Gasteiger partial charge on any atom is 0.417 e. The van der Waals surface area contributed by atoms with Crippen LogP contribution in [0.15, 0.2) is 42.6 Å². The van der Waals surface area contributed by atoms with Gasteiger partial charge in [0.25, 0.3) is 0 Å². The van der Waals surface area contributed by atoms with Crippen LogP contribution in [-0.2, 0) is 28.7 Å². The van der Waals surface area contributed by atoms with E-state index in [1.165, 1.54) is 0 Å². The minimum Gasteiger partial charge on any atom is -0.337 e. The molecule has 2 amide bonds. The zero-order chi connectivity index (χ0) is 25.8. The van der Waals surface area contributed by atoms with Crippen molar-refractivity contribution in [2.45, 2.75) is 69.8 Å². The van der Waals surface area contributed by atoms with Crippen molar-refractivity contribution < 1.29 is 22.8 Å². The highest BCUT2D eigenvalue weighted by molar-refractivity contribution is 5.99. The normalized spacial score (nSPS) is 29.5. The third-order valence-electron chi connectivity index (χ3n) is 8.93. The van der Waals surface area contributed by atoms with Crippen LogP contribution >= 0.6 is 0 Å². The number of carbonyl (C=O) groups is 2. The fraction of sp³-hybridized carbons (Fsp3) is 0.536. The predicted octanol–water partition coefficient (Wildman–Crippen LogP) is 4.33. The Morgan fingerprint density at radius 1 is 1.14 bits per heavy atom. The second kappa shape index (κ2) is 9.11. The van der Waals surface area contributed by atoms with Crippen molar-refractivity contribution in [1.82, 2.24) is 15.2 Å². The molecule has 6 nitrogen and oxygen atoms in total. The van der Waals surface area contributed by atoms with Gasteiger partial charge in [-0.1, -0.05) is 24.6 Å². The lowest BCUT2D eigenvalue weighted by Crippen LogP contribution is -2.47. The van der Waals surface area contributed by atoms with Gasteiger partial charge in [0.05, 0.1) is 17.0 Å². The van der Waals surface area contributed by atoms with Gasteiger partial charge in [-0.25, -0.2) is 0 Å². The summed E-state index contributed by atoms with van der Waals surface area (Å²) < 4.78 is 39.7. The van der Waals surface area contributed by atoms with Crippen molar-refractivity contribution in [2.24, 2.45) is 11.3 Å². The van der Waals surface area contributed by atoms with Crippen LogP contribution in [0.25, 0.3) is 0 Å². The molecular formula is C28H31F3N4O2. The number of hydrogen-bond donors (Lipinski definition) is 1. The first-order valence-corrected chi connectivity index (χ1v) is 13.2. The minimum atomic E-state index is -4.46. The summed E-state index contributed by atoms with van der Waals surface area (Å²) in [4.78, 5) is 34.7. The van der Waals surface area contributed by atoms with Gasteiger partial charge in [0, 0.05) is 49.7 Å². The highest BCUT2D eigenvalue weighted by Gasteiger charge is 2.56. The highest BCUT2D eigenvalue weighted by atomic mass is 19.4. The fourth-order valence-electron chi connectivity index (χ4n) is 7.17. The summed E-state index contributed by atoms with van der Waals surface area (Å²) in [6.45, 7) is 1.32. The number of benzene rings is 1. The number of carbonyl (C=O) groups excluding carboxylic acids is 2. The molecule has 37 heavy (non-hydrogen) atoms. The molecule has 6 rings (SSSR count). The molecule has 0 spiro atoms. The van der Waals surface area contributed by atoms with Gasteiger partial charge < -0.3 is 15.1 Å². The van der Waals surface area contributed by atoms with E-state index in [-0.39, 0.29) is 36.4 Å². The first-order valence-electron chi connectivity index (χ1n) is 13.2. The molecule has 2 aliphatic heterocycles. The Hall–Kier alpha value is -2.94. The van der Waals surface area contributed by atoms with Gasteiger partial charge in [0.15, 0.2) is 0 Å². The Kier molecular flexibility index (Phi) is 6.01. The lowest BCUT2D eigenvalue weighted by molar-refractivity contribution is -0.144. The summed E-state index contributed by atoms with van der Waals surface area (Å²) in [5, 5.41) is 3.58. The molecule has 3 fully saturated rings. The van der Waals surface area contributed by atoms with Crippen LogP contribution in [0.4, 0.5) is 18.9 Å². The Labute approximate surface area is 214 Å². The lowest BCUT2D eigenvalue weighted by Gasteiger charge is -2.37. The Morgan fingerprint density at radius 2 is 1.95 bits per heavy atom. The Morgan fingerprint density at radius 3 is 2.73 bits per heavy atom. The van der Waals surface area contributed by atoms with Crippen LogP contribution in [-0.4, -0.2) is 46.9 Å². The van der Waals surface area contributed by atoms with E-state index in [2.05, 4.69) is 10.3 Å². The molecule has 0 radical (unpaired) electrons. The number of para-hydroxylation sites is 1. The van der Waals surface area contributed by atoms with Crippen molar-refractivity contribution in [3.05, 3.63) is 59.4 Å². The number of halogens is 3. The van der Waals surface area contributed by atoms with E-state index in [1.807, 2.05) is 35.2 Å². The highest BCUT2D eigenvalue weighted by Crippen LogP contribution is 2.55. The van der Waals surface area contributed by atoms with Gasteiger partial charge in [0.2, 0.25) is 11.8 Å². The minimum absolute atomic E-state index is 0.0611. The third kappa shape index (κ3) is 4.31. The number of hydrogen-bond acceptors (Lipinski definition) is 4. The summed E-state index contributed by atoms with van der Waals surface area (Å²) in [5.74, 6) is 0.371. The maximum absolute atomic E-state index is 14.0. The fourth-order valence-corrected chi connectivity index (χ4v) is 7.17. The van der Waals surface area contributed by atoms with Gasteiger partial charge in [0.1, 0.15) is 0 Å². The second-order valence-corrected chi connectivity index (χ2v) is 11.0. The van der Waals surface area contributed by atoms with Gasteiger partial charge in [-0.15, -0.1) is 0 Å². The molecule has 196 valence electrons. The molecule has 4 atom stereocenters. The molecule has 2 aliphatic carbocycles. The SMILES string of the molecule is O=C1[C@@H](N[C@@H]2C[C@H]3CCC[C@@]3(C(=O)N3CCc4ncc(C(F)(F)F)cc4C3)C2)CCN1c1ccccc1. The average molecular weight is 513 g/mol. The smallest absolute Gasteiger partial charge is 0.337 e. The molecule has 1 aromatic carbocycles. The molecule has 3 heterocycles. The number of fused-ring (bicyclic) bond motifs is 2. The van der Waals surface area contributed by atoms with Gasteiger partial charge in [-0.05, 0) is 61.8 Å². The summed E-state index contributed by atoms with van der Waals surface area (Å²) in [6, 6.07) is 10.6. The van der Waals surface area contributed by atoms with E-state index in [1.54, 1.807) is 4.90 Å². The molecule has 9 heteroatoms. The van der Waals surface area contributed by atoms with Gasteiger partial charge in [-0.3, -0.25) is 14.6 Å². The number of nitrogens with zero attached hydrogens (tertiary/aromatic N) is 3. The number of rotatable bonds is 4. The molecule has 1 aromatic heterocycles. The van der Waals surface area contributed by atoms with E-state index in [0.717, 1.165) is 50.1 Å². The molecule has 1 N–H and O–H groups in total. The van der Waals surface area contributed by atoms with E-state index >= 15 is 0 Å². The average Bonchev–Trinajstić information content (AvgIpc) is 3.56. The van der Waals surface area contributed by atoms with Gasteiger partial charge in [-0.2, -0.15) is 13.2 Å². The Bertz CT molecular complexity index is 1200. The second-order valence-electron chi connectivity index (χ2n) is 11.0. The van der Waals surface area contributed by atoms with Crippen LogP contribution in [0.2, 0.25) is 0 Å². The number of pyridine rings is 1. The van der Waals surface area contributed by atoms with Crippen LogP contribution < -0.4 is 10.2 Å². The van der Waals surface area contributed by atoms with Crippen molar-refractivity contribution in [2.75, 3.05) is 18.0 Å². The van der Waals surface area contributed by atoms with E-state index in [0.29, 0.717) is 37.2 Å². The van der Waals surface area contributed by atoms with Crippen molar-refractivity contribution in [3.63, 3.8) is 0 Å². The van der Waals surface area contributed by atoms with Gasteiger partial charge >= 0.3 is 6.18 Å². The van der Waals surface area contributed by atoms with Crippen LogP contribution in [0.5, 0.6) is 0 Å². The van der Waals surface area contributed by atoms with Crippen molar-refractivity contribution >= 4 is 17.5 Å². The van der Waals surface area contributed by atoms with Crippen LogP contribution in [0.3, 0.4) is 0 Å². The number of amides is 2. The zero-order valence-corrected chi connectivity index (χ0v) is 20.6. The first kappa shape index (κ1) is 24.4. The molecule has 0 unspecified atom stereocenters. The molecule has 4 aliphatic rings. The Balaban J connectivity index is 1.15. The lowest BCUT2D eigenvalue weighted by atomic mass is 9.78. The van der Waals surface area contributed by atoms with E-state index < -0.39 is 17.2 Å². The molecule has 2 aromatic rings. The summed E-state index contributed by atoms with van der Waals surface area (Å²) in [5.41, 5.74) is 0.774. The first-order chi connectivity index (χ1) is 17.7.